The molecule has 0 unspecified atom stereocenters. The van der Waals surface area contributed by atoms with Gasteiger partial charge in [-0.2, -0.15) is 0 Å². The van der Waals surface area contributed by atoms with Crippen molar-refractivity contribution in [1.29, 1.82) is 0 Å². The molecule has 0 saturated heterocycles. The van der Waals surface area contributed by atoms with Crippen LogP contribution in [0.4, 0.5) is 11.4 Å². The van der Waals surface area contributed by atoms with Gasteiger partial charge in [0, 0.05) is 41.4 Å². The molecule has 0 saturated carbocycles. The van der Waals surface area contributed by atoms with Crippen LogP contribution in [0.5, 0.6) is 0 Å². The lowest BCUT2D eigenvalue weighted by atomic mass is 10.1. The van der Waals surface area contributed by atoms with Crippen LogP contribution in [0.3, 0.4) is 0 Å². The number of carbonyl (C=O) groups is 1. The maximum absolute atomic E-state index is 11.9. The Morgan fingerprint density at radius 2 is 2.00 bits per heavy atom. The number of rotatable bonds is 4. The third-order valence-electron chi connectivity index (χ3n) is 3.11. The predicted octanol–water partition coefficient (Wildman–Crippen LogP) is 3.43. The Morgan fingerprint density at radius 1 is 1.29 bits per heavy atom. The van der Waals surface area contributed by atoms with Gasteiger partial charge in [-0.1, -0.05) is 0 Å². The van der Waals surface area contributed by atoms with Crippen molar-refractivity contribution in [2.75, 3.05) is 31.8 Å². The number of nitrogen functional groups attached to an aromatic ring is 1. The molecule has 0 atom stereocenters. The van der Waals surface area contributed by atoms with Crippen molar-refractivity contribution in [3.8, 4) is 0 Å². The second kappa shape index (κ2) is 6.49. The number of thiophene rings is 1. The lowest BCUT2D eigenvalue weighted by Crippen LogP contribution is -2.22. The highest BCUT2D eigenvalue weighted by Gasteiger charge is 2.12. The molecule has 2 rings (SSSR count). The lowest BCUT2D eigenvalue weighted by molar-refractivity contribution is 0.0827. The zero-order valence-corrected chi connectivity index (χ0v) is 14.7. The Labute approximate surface area is 137 Å². The van der Waals surface area contributed by atoms with Crippen LogP contribution < -0.4 is 10.6 Å². The monoisotopic (exact) mass is 367 g/mol. The minimum Gasteiger partial charge on any atom is -0.397 e. The molecule has 1 heterocycles. The Balaban J connectivity index is 2.18. The topological polar surface area (TPSA) is 49.6 Å². The molecule has 0 fully saturated rings. The summed E-state index contributed by atoms with van der Waals surface area (Å²) in [6.45, 7) is 0.779. The fourth-order valence-electron chi connectivity index (χ4n) is 2.05. The van der Waals surface area contributed by atoms with Gasteiger partial charge < -0.3 is 15.5 Å². The average molecular weight is 368 g/mol. The third kappa shape index (κ3) is 3.77. The molecule has 2 aromatic rings. The first-order valence-electron chi connectivity index (χ1n) is 6.43. The normalized spacial score (nSPS) is 10.5. The van der Waals surface area contributed by atoms with Crippen molar-refractivity contribution in [3.63, 3.8) is 0 Å². The van der Waals surface area contributed by atoms with Crippen molar-refractivity contribution >= 4 is 44.5 Å². The largest absolute Gasteiger partial charge is 0.397 e. The summed E-state index contributed by atoms with van der Waals surface area (Å²) in [6, 6.07) is 7.55. The van der Waals surface area contributed by atoms with E-state index in [0.717, 1.165) is 16.7 Å². The molecule has 0 spiro atoms. The number of carbonyl (C=O) groups excluding carboxylic acids is 1. The Morgan fingerprint density at radius 3 is 2.52 bits per heavy atom. The van der Waals surface area contributed by atoms with Crippen LogP contribution in [0, 0.1) is 0 Å². The number of amides is 1. The molecule has 0 bridgehead atoms. The molecule has 6 heteroatoms. The van der Waals surface area contributed by atoms with E-state index in [2.05, 4.69) is 32.3 Å². The first-order valence-corrected chi connectivity index (χ1v) is 8.11. The van der Waals surface area contributed by atoms with Crippen LogP contribution in [-0.2, 0) is 6.54 Å². The maximum atomic E-state index is 11.9. The molecule has 0 radical (unpaired) electrons. The highest BCUT2D eigenvalue weighted by Crippen LogP contribution is 2.27. The van der Waals surface area contributed by atoms with Gasteiger partial charge in [-0.25, -0.2) is 0 Å². The van der Waals surface area contributed by atoms with E-state index in [-0.39, 0.29) is 5.91 Å². The molecule has 4 nitrogen and oxygen atoms in total. The number of benzene rings is 1. The van der Waals surface area contributed by atoms with E-state index in [1.165, 1.54) is 4.88 Å². The van der Waals surface area contributed by atoms with Gasteiger partial charge in [-0.3, -0.25) is 4.79 Å². The molecular formula is C15H18BrN3OS. The first kappa shape index (κ1) is 15.9. The minimum atomic E-state index is -0.0434. The number of nitrogens with zero attached hydrogens (tertiary/aromatic N) is 2. The molecule has 112 valence electrons. The van der Waals surface area contributed by atoms with E-state index in [9.17, 15) is 4.79 Å². The Hall–Kier alpha value is -1.53. The summed E-state index contributed by atoms with van der Waals surface area (Å²) >= 11 is 5.16. The van der Waals surface area contributed by atoms with E-state index < -0.39 is 0 Å². The van der Waals surface area contributed by atoms with Gasteiger partial charge in [0.15, 0.2) is 0 Å². The number of anilines is 2. The first-order chi connectivity index (χ1) is 9.88. The highest BCUT2D eigenvalue weighted by atomic mass is 79.9. The Bertz CT molecular complexity index is 654. The van der Waals surface area contributed by atoms with Gasteiger partial charge in [0.05, 0.1) is 17.9 Å². The summed E-state index contributed by atoms with van der Waals surface area (Å²) in [5, 5.41) is 2.06. The average Bonchev–Trinajstić information content (AvgIpc) is 2.82. The summed E-state index contributed by atoms with van der Waals surface area (Å²) < 4.78 is 1.09. The summed E-state index contributed by atoms with van der Waals surface area (Å²) in [5.74, 6) is -0.0434. The van der Waals surface area contributed by atoms with Crippen LogP contribution in [0.2, 0.25) is 0 Å². The summed E-state index contributed by atoms with van der Waals surface area (Å²) in [4.78, 5) is 16.8. The fraction of sp³-hybridized carbons (Fsp3) is 0.267. The molecule has 2 N–H and O–H groups in total. The highest BCUT2D eigenvalue weighted by molar-refractivity contribution is 9.10. The zero-order valence-electron chi connectivity index (χ0n) is 12.3. The van der Waals surface area contributed by atoms with Crippen molar-refractivity contribution in [1.82, 2.24) is 4.90 Å². The predicted molar refractivity (Wildman–Crippen MR) is 93.0 cm³/mol. The standard InChI is InChI=1S/C15H18BrN3OS/c1-18(2)15(20)10-4-5-14(13(17)6-10)19(3)8-12-7-11(16)9-21-12/h4-7,9H,8,17H2,1-3H3. The number of hydrogen-bond acceptors (Lipinski definition) is 4. The zero-order chi connectivity index (χ0) is 15.6. The van der Waals surface area contributed by atoms with Crippen molar-refractivity contribution in [2.24, 2.45) is 0 Å². The van der Waals surface area contributed by atoms with Crippen LogP contribution in [0.1, 0.15) is 15.2 Å². The number of halogens is 1. The maximum Gasteiger partial charge on any atom is 0.253 e. The molecule has 21 heavy (non-hydrogen) atoms. The van der Waals surface area contributed by atoms with Crippen molar-refractivity contribution < 1.29 is 4.79 Å². The number of nitrogens with two attached hydrogens (primary N) is 1. The van der Waals surface area contributed by atoms with Gasteiger partial charge in [0.1, 0.15) is 0 Å². The quantitative estimate of drug-likeness (QED) is 0.842. The van der Waals surface area contributed by atoms with Crippen LogP contribution >= 0.6 is 27.3 Å². The van der Waals surface area contributed by atoms with E-state index in [1.54, 1.807) is 36.4 Å². The number of hydrogen-bond donors (Lipinski definition) is 1. The smallest absolute Gasteiger partial charge is 0.253 e. The summed E-state index contributed by atoms with van der Waals surface area (Å²) in [6.07, 6.45) is 0. The molecule has 1 aromatic carbocycles. The summed E-state index contributed by atoms with van der Waals surface area (Å²) in [7, 11) is 5.45. The Kier molecular flexibility index (Phi) is 4.90. The molecule has 0 aliphatic carbocycles. The van der Waals surface area contributed by atoms with Crippen molar-refractivity contribution in [2.45, 2.75) is 6.54 Å². The van der Waals surface area contributed by atoms with Crippen molar-refractivity contribution in [3.05, 3.63) is 44.6 Å². The van der Waals surface area contributed by atoms with Crippen LogP contribution in [0.15, 0.2) is 34.1 Å². The van der Waals surface area contributed by atoms with Gasteiger partial charge in [0.25, 0.3) is 5.91 Å². The molecule has 0 aliphatic heterocycles. The molecule has 0 aliphatic rings. The van der Waals surface area contributed by atoms with Gasteiger partial charge in [-0.15, -0.1) is 11.3 Å². The van der Waals surface area contributed by atoms with E-state index >= 15 is 0 Å². The van der Waals surface area contributed by atoms with Gasteiger partial charge in [-0.05, 0) is 40.2 Å². The molecular weight excluding hydrogens is 350 g/mol. The lowest BCUT2D eigenvalue weighted by Gasteiger charge is -2.21. The van der Waals surface area contributed by atoms with Crippen LogP contribution in [0.25, 0.3) is 0 Å². The van der Waals surface area contributed by atoms with Crippen LogP contribution in [-0.4, -0.2) is 32.0 Å². The van der Waals surface area contributed by atoms with Gasteiger partial charge in [0.2, 0.25) is 0 Å². The molecule has 1 aromatic heterocycles. The molecule has 1 amide bonds. The second-order valence-corrected chi connectivity index (χ2v) is 6.97. The van der Waals surface area contributed by atoms with E-state index in [1.807, 2.05) is 19.2 Å². The summed E-state index contributed by atoms with van der Waals surface area (Å²) in [5.41, 5.74) is 8.24. The fourth-order valence-corrected chi connectivity index (χ4v) is 3.55. The third-order valence-corrected chi connectivity index (χ3v) is 4.79. The minimum absolute atomic E-state index is 0.0434. The van der Waals surface area contributed by atoms with E-state index in [0.29, 0.717) is 11.3 Å². The second-order valence-electron chi connectivity index (χ2n) is 5.06. The van der Waals surface area contributed by atoms with E-state index in [4.69, 9.17) is 5.73 Å². The van der Waals surface area contributed by atoms with Gasteiger partial charge >= 0.3 is 0 Å². The SMILES string of the molecule is CN(C)C(=O)c1ccc(N(C)Cc2cc(Br)cs2)c(N)c1.